The van der Waals surface area contributed by atoms with Crippen LogP contribution >= 0.6 is 0 Å². The van der Waals surface area contributed by atoms with E-state index in [0.29, 0.717) is 6.04 Å². The van der Waals surface area contributed by atoms with Crippen LogP contribution in [0.1, 0.15) is 48.9 Å². The van der Waals surface area contributed by atoms with Crippen LogP contribution in [0.5, 0.6) is 0 Å². The van der Waals surface area contributed by atoms with E-state index >= 15 is 0 Å². The SMILES string of the molecule is Cc1ccc2c(c1)C(NCCCC(C)O)CC2. The number of rotatable bonds is 5. The van der Waals surface area contributed by atoms with Gasteiger partial charge in [0.05, 0.1) is 6.10 Å². The molecule has 1 aliphatic carbocycles. The molecule has 0 radical (unpaired) electrons. The molecule has 2 atom stereocenters. The number of aliphatic hydroxyl groups is 1. The van der Waals surface area contributed by atoms with Crippen LogP contribution in [0.2, 0.25) is 0 Å². The first kappa shape index (κ1) is 12.6. The van der Waals surface area contributed by atoms with E-state index in [2.05, 4.69) is 30.4 Å². The molecule has 0 aliphatic heterocycles. The summed E-state index contributed by atoms with van der Waals surface area (Å²) in [4.78, 5) is 0. The fourth-order valence-corrected chi connectivity index (χ4v) is 2.61. The summed E-state index contributed by atoms with van der Waals surface area (Å²) in [6.07, 6.45) is 4.18. The Kier molecular flexibility index (Phi) is 4.19. The molecule has 0 amide bonds. The van der Waals surface area contributed by atoms with Gasteiger partial charge >= 0.3 is 0 Å². The highest BCUT2D eigenvalue weighted by Gasteiger charge is 2.21. The molecule has 0 saturated heterocycles. The van der Waals surface area contributed by atoms with Crippen LogP contribution in [0.4, 0.5) is 0 Å². The van der Waals surface area contributed by atoms with Crippen LogP contribution in [0.3, 0.4) is 0 Å². The molecule has 94 valence electrons. The molecule has 0 spiro atoms. The number of hydrogen-bond donors (Lipinski definition) is 2. The van der Waals surface area contributed by atoms with Crippen LogP contribution < -0.4 is 5.32 Å². The van der Waals surface area contributed by atoms with E-state index in [1.807, 2.05) is 6.92 Å². The van der Waals surface area contributed by atoms with Gasteiger partial charge in [0, 0.05) is 6.04 Å². The Morgan fingerprint density at radius 1 is 1.47 bits per heavy atom. The molecule has 0 saturated carbocycles. The van der Waals surface area contributed by atoms with Gasteiger partial charge < -0.3 is 10.4 Å². The number of aryl methyl sites for hydroxylation is 2. The summed E-state index contributed by atoms with van der Waals surface area (Å²) in [5, 5.41) is 12.8. The molecule has 1 aromatic rings. The Hall–Kier alpha value is -0.860. The largest absolute Gasteiger partial charge is 0.393 e. The van der Waals surface area contributed by atoms with Crippen LogP contribution in [-0.4, -0.2) is 17.8 Å². The Balaban J connectivity index is 1.86. The normalized spacial score (nSPS) is 20.3. The smallest absolute Gasteiger partial charge is 0.0512 e. The summed E-state index contributed by atoms with van der Waals surface area (Å²) in [6, 6.07) is 7.31. The first-order valence-corrected chi connectivity index (χ1v) is 6.67. The van der Waals surface area contributed by atoms with Crippen molar-refractivity contribution in [2.45, 2.75) is 51.7 Å². The summed E-state index contributed by atoms with van der Waals surface area (Å²) >= 11 is 0. The van der Waals surface area contributed by atoms with Crippen LogP contribution in [0, 0.1) is 6.92 Å². The average molecular weight is 233 g/mol. The molecular weight excluding hydrogens is 210 g/mol. The van der Waals surface area contributed by atoms with E-state index in [1.165, 1.54) is 29.5 Å². The van der Waals surface area contributed by atoms with Crippen molar-refractivity contribution >= 4 is 0 Å². The lowest BCUT2D eigenvalue weighted by Gasteiger charge is -2.15. The Bertz CT molecular complexity index is 373. The quantitative estimate of drug-likeness (QED) is 0.766. The predicted molar refractivity (Wildman–Crippen MR) is 71.2 cm³/mol. The second-order valence-corrected chi connectivity index (χ2v) is 5.24. The van der Waals surface area contributed by atoms with E-state index in [0.717, 1.165) is 19.4 Å². The highest BCUT2D eigenvalue weighted by Crippen LogP contribution is 2.31. The number of hydrogen-bond acceptors (Lipinski definition) is 2. The van der Waals surface area contributed by atoms with Gasteiger partial charge in [-0.2, -0.15) is 0 Å². The zero-order valence-electron chi connectivity index (χ0n) is 10.9. The van der Waals surface area contributed by atoms with Gasteiger partial charge in [-0.15, -0.1) is 0 Å². The van der Waals surface area contributed by atoms with Gasteiger partial charge in [-0.1, -0.05) is 23.8 Å². The van der Waals surface area contributed by atoms with Crippen LogP contribution in [0.15, 0.2) is 18.2 Å². The molecule has 2 N–H and O–H groups in total. The minimum Gasteiger partial charge on any atom is -0.393 e. The standard InChI is InChI=1S/C15H23NO/c1-11-5-6-13-7-8-15(14(13)10-11)16-9-3-4-12(2)17/h5-6,10,12,15-17H,3-4,7-9H2,1-2H3. The van der Waals surface area contributed by atoms with Gasteiger partial charge in [0.2, 0.25) is 0 Å². The lowest BCUT2D eigenvalue weighted by molar-refractivity contribution is 0.181. The number of fused-ring (bicyclic) bond motifs is 1. The van der Waals surface area contributed by atoms with Gasteiger partial charge in [0.25, 0.3) is 0 Å². The maximum absolute atomic E-state index is 9.21. The molecule has 1 aliphatic rings. The van der Waals surface area contributed by atoms with Gasteiger partial charge in [-0.25, -0.2) is 0 Å². The summed E-state index contributed by atoms with van der Waals surface area (Å²) in [7, 11) is 0. The van der Waals surface area contributed by atoms with Crippen LogP contribution in [-0.2, 0) is 6.42 Å². The van der Waals surface area contributed by atoms with Crippen molar-refractivity contribution in [1.82, 2.24) is 5.32 Å². The molecule has 2 nitrogen and oxygen atoms in total. The van der Waals surface area contributed by atoms with E-state index in [9.17, 15) is 5.11 Å². The highest BCUT2D eigenvalue weighted by molar-refractivity contribution is 5.37. The van der Waals surface area contributed by atoms with Crippen molar-refractivity contribution < 1.29 is 5.11 Å². The van der Waals surface area contributed by atoms with Crippen molar-refractivity contribution in [2.75, 3.05) is 6.54 Å². The van der Waals surface area contributed by atoms with E-state index in [4.69, 9.17) is 0 Å². The van der Waals surface area contributed by atoms with Gasteiger partial charge in [0.1, 0.15) is 0 Å². The molecule has 2 heteroatoms. The molecule has 17 heavy (non-hydrogen) atoms. The Labute approximate surface area is 104 Å². The Morgan fingerprint density at radius 2 is 2.29 bits per heavy atom. The average Bonchev–Trinajstić information content (AvgIpc) is 2.67. The number of benzene rings is 1. The number of nitrogens with one attached hydrogen (secondary N) is 1. The number of aliphatic hydroxyl groups excluding tert-OH is 1. The first-order chi connectivity index (χ1) is 8.16. The molecule has 0 fully saturated rings. The fraction of sp³-hybridized carbons (Fsp3) is 0.600. The summed E-state index contributed by atoms with van der Waals surface area (Å²) in [5.41, 5.74) is 4.34. The monoisotopic (exact) mass is 233 g/mol. The van der Waals surface area contributed by atoms with E-state index < -0.39 is 0 Å². The van der Waals surface area contributed by atoms with Crippen molar-refractivity contribution in [3.8, 4) is 0 Å². The fourth-order valence-electron chi connectivity index (χ4n) is 2.61. The molecule has 2 unspecified atom stereocenters. The van der Waals surface area contributed by atoms with E-state index in [-0.39, 0.29) is 6.10 Å². The van der Waals surface area contributed by atoms with Gasteiger partial charge in [0.15, 0.2) is 0 Å². The lowest BCUT2D eigenvalue weighted by atomic mass is 10.0. The molecule has 2 rings (SSSR count). The molecule has 0 aromatic heterocycles. The topological polar surface area (TPSA) is 32.3 Å². The predicted octanol–water partition coefficient (Wildman–Crippen LogP) is 2.73. The maximum Gasteiger partial charge on any atom is 0.0512 e. The maximum atomic E-state index is 9.21. The first-order valence-electron chi connectivity index (χ1n) is 6.67. The third-order valence-electron chi connectivity index (χ3n) is 3.57. The third-order valence-corrected chi connectivity index (χ3v) is 3.57. The van der Waals surface area contributed by atoms with Crippen molar-refractivity contribution in [1.29, 1.82) is 0 Å². The second kappa shape index (κ2) is 5.65. The zero-order valence-corrected chi connectivity index (χ0v) is 10.9. The summed E-state index contributed by atoms with van der Waals surface area (Å²) < 4.78 is 0. The Morgan fingerprint density at radius 3 is 3.06 bits per heavy atom. The molecule has 1 aromatic carbocycles. The van der Waals surface area contributed by atoms with Crippen molar-refractivity contribution in [3.63, 3.8) is 0 Å². The molecule has 0 bridgehead atoms. The summed E-state index contributed by atoms with van der Waals surface area (Å²) in [5.74, 6) is 0. The highest BCUT2D eigenvalue weighted by atomic mass is 16.3. The molecular formula is C15H23NO. The van der Waals surface area contributed by atoms with Crippen molar-refractivity contribution in [2.24, 2.45) is 0 Å². The van der Waals surface area contributed by atoms with Crippen molar-refractivity contribution in [3.05, 3.63) is 34.9 Å². The van der Waals surface area contributed by atoms with E-state index in [1.54, 1.807) is 0 Å². The minimum absolute atomic E-state index is 0.171. The minimum atomic E-state index is -0.171. The summed E-state index contributed by atoms with van der Waals surface area (Å²) in [6.45, 7) is 5.01. The lowest BCUT2D eigenvalue weighted by Crippen LogP contribution is -2.21. The second-order valence-electron chi connectivity index (χ2n) is 5.24. The molecule has 0 heterocycles. The van der Waals surface area contributed by atoms with Gasteiger partial charge in [-0.05, 0) is 57.2 Å². The third kappa shape index (κ3) is 3.30. The van der Waals surface area contributed by atoms with Gasteiger partial charge in [-0.3, -0.25) is 0 Å². The van der Waals surface area contributed by atoms with Crippen LogP contribution in [0.25, 0.3) is 0 Å². The zero-order chi connectivity index (χ0) is 12.3.